The zero-order valence-electron chi connectivity index (χ0n) is 35.6. The van der Waals surface area contributed by atoms with Gasteiger partial charge >= 0.3 is 6.18 Å². The van der Waals surface area contributed by atoms with Gasteiger partial charge in [0.05, 0.1) is 39.5 Å². The van der Waals surface area contributed by atoms with Crippen LogP contribution in [0.2, 0.25) is 0 Å². The molecule has 0 atom stereocenters. The normalized spacial score (nSPS) is 17.2. The molecule has 65 heavy (non-hydrogen) atoms. The first-order valence-corrected chi connectivity index (χ1v) is 21.4. The molecule has 5 aromatic rings. The summed E-state index contributed by atoms with van der Waals surface area (Å²) in [6, 6.07) is 14.9. The number of aromatic nitrogens is 4. The average Bonchev–Trinajstić information content (AvgIpc) is 3.47. The molecule has 0 radical (unpaired) electrons. The van der Waals surface area contributed by atoms with Crippen LogP contribution in [-0.2, 0) is 28.7 Å². The van der Waals surface area contributed by atoms with Crippen LogP contribution in [0.15, 0.2) is 71.7 Å². The van der Waals surface area contributed by atoms with Crippen LogP contribution in [0.5, 0.6) is 0 Å². The van der Waals surface area contributed by atoms with Crippen molar-refractivity contribution in [3.8, 4) is 6.07 Å². The molecule has 6 heterocycles. The molecule has 336 valence electrons. The van der Waals surface area contributed by atoms with Crippen LogP contribution in [0.1, 0.15) is 66.2 Å². The van der Waals surface area contributed by atoms with Crippen molar-refractivity contribution in [3.05, 3.63) is 111 Å². The molecule has 15 nitrogen and oxygen atoms in total. The number of thiocarbonyl (C=S) groups is 1. The lowest BCUT2D eigenvalue weighted by molar-refractivity contribution is -0.138. The number of nitrogens with one attached hydrogen (secondary N) is 2. The number of hydrogen-bond donors (Lipinski definition) is 2. The Morgan fingerprint density at radius 2 is 1.68 bits per heavy atom. The van der Waals surface area contributed by atoms with Gasteiger partial charge in [-0.05, 0) is 112 Å². The first-order valence-electron chi connectivity index (χ1n) is 21.0. The smallest absolute Gasteiger partial charge is 0.355 e. The van der Waals surface area contributed by atoms with Crippen molar-refractivity contribution in [3.63, 3.8) is 0 Å². The van der Waals surface area contributed by atoms with Gasteiger partial charge in [0.1, 0.15) is 11.4 Å². The van der Waals surface area contributed by atoms with Gasteiger partial charge in [0.15, 0.2) is 16.7 Å². The lowest BCUT2D eigenvalue weighted by Gasteiger charge is -2.38. The van der Waals surface area contributed by atoms with Crippen LogP contribution in [-0.4, -0.2) is 97.6 Å². The van der Waals surface area contributed by atoms with Crippen molar-refractivity contribution in [2.75, 3.05) is 59.3 Å². The third kappa shape index (κ3) is 8.85. The summed E-state index contributed by atoms with van der Waals surface area (Å²) >= 11 is 5.54. The van der Waals surface area contributed by atoms with Crippen molar-refractivity contribution in [2.24, 2.45) is 5.92 Å². The molecule has 8 rings (SSSR count). The largest absolute Gasteiger partial charge is 0.417 e. The number of halogens is 4. The zero-order chi connectivity index (χ0) is 46.4. The van der Waals surface area contributed by atoms with E-state index >= 15 is 4.39 Å². The van der Waals surface area contributed by atoms with Gasteiger partial charge in [-0.2, -0.15) is 18.4 Å². The lowest BCUT2D eigenvalue weighted by atomic mass is 9.95. The molecule has 3 fully saturated rings. The van der Waals surface area contributed by atoms with Crippen LogP contribution >= 0.6 is 12.2 Å². The van der Waals surface area contributed by atoms with Crippen LogP contribution in [0, 0.1) is 23.1 Å². The zero-order valence-corrected chi connectivity index (χ0v) is 36.4. The summed E-state index contributed by atoms with van der Waals surface area (Å²) in [5, 5.41) is 19.9. The monoisotopic (exact) mass is 909 g/mol. The molecule has 0 bridgehead atoms. The van der Waals surface area contributed by atoms with E-state index in [1.165, 1.54) is 49.1 Å². The number of carbonyl (C=O) groups is 3. The molecule has 0 aliphatic carbocycles. The quantitative estimate of drug-likeness (QED) is 0.130. The summed E-state index contributed by atoms with van der Waals surface area (Å²) in [5.74, 6) is -1.85. The Morgan fingerprint density at radius 3 is 2.32 bits per heavy atom. The number of amides is 3. The number of hydrogen-bond acceptors (Lipinski definition) is 11. The molecule has 3 aromatic heterocycles. The standard InChI is InChI=1S/C45H43F4N11O4S/c1-4-27-20-35-36(52-39(27)61)19-26(24-51-35)25-56-15-17-58(18-16-56)41(63)28-11-13-57(14-12-28)38-10-9-37(54-55-38)53-40(62)32-8-7-31(22-34(32)46)60-43(65)59(42(64)44(60,2)3)30-6-5-29(23-50)33(21-30)45(47,48)49/h5-10,19-22,24,28H,4,11-18,25H2,1-3H3,(H,52,61)(H,53,54,62). The van der Waals surface area contributed by atoms with Crippen LogP contribution in [0.3, 0.4) is 0 Å². The Bertz CT molecular complexity index is 2810. The molecule has 20 heteroatoms. The van der Waals surface area contributed by atoms with E-state index in [0.29, 0.717) is 75.0 Å². The number of piperidine rings is 1. The average molecular weight is 910 g/mol. The van der Waals surface area contributed by atoms with E-state index in [2.05, 4.69) is 30.4 Å². The molecular formula is C45H43F4N11O4S. The van der Waals surface area contributed by atoms with Gasteiger partial charge in [0, 0.05) is 69.2 Å². The predicted octanol–water partition coefficient (Wildman–Crippen LogP) is 6.03. The van der Waals surface area contributed by atoms with Gasteiger partial charge in [0.25, 0.3) is 17.4 Å². The number of pyridine rings is 2. The van der Waals surface area contributed by atoms with Gasteiger partial charge in [0.2, 0.25) is 5.91 Å². The van der Waals surface area contributed by atoms with E-state index in [9.17, 15) is 37.6 Å². The van der Waals surface area contributed by atoms with Gasteiger partial charge in [-0.3, -0.25) is 34.0 Å². The first kappa shape index (κ1) is 44.7. The van der Waals surface area contributed by atoms with Gasteiger partial charge in [-0.25, -0.2) is 4.39 Å². The summed E-state index contributed by atoms with van der Waals surface area (Å²) in [7, 11) is 0. The second-order valence-electron chi connectivity index (χ2n) is 16.7. The second-order valence-corrected chi connectivity index (χ2v) is 17.0. The highest BCUT2D eigenvalue weighted by Crippen LogP contribution is 2.40. The predicted molar refractivity (Wildman–Crippen MR) is 238 cm³/mol. The maximum absolute atomic E-state index is 15.6. The molecule has 2 aromatic carbocycles. The molecular weight excluding hydrogens is 867 g/mol. The number of rotatable bonds is 9. The van der Waals surface area contributed by atoms with E-state index in [1.54, 1.807) is 6.07 Å². The lowest BCUT2D eigenvalue weighted by Crippen LogP contribution is -2.51. The van der Waals surface area contributed by atoms with Crippen LogP contribution in [0.4, 0.5) is 40.6 Å². The Hall–Kier alpha value is -6.85. The molecule has 3 saturated heterocycles. The summed E-state index contributed by atoms with van der Waals surface area (Å²) in [6.45, 7) is 9.38. The van der Waals surface area contributed by atoms with E-state index in [0.717, 1.165) is 41.2 Å². The third-order valence-corrected chi connectivity index (χ3v) is 12.5. The topological polar surface area (TPSA) is 175 Å². The number of fused-ring (bicyclic) bond motifs is 1. The van der Waals surface area contributed by atoms with Crippen molar-refractivity contribution in [1.29, 1.82) is 5.26 Å². The summed E-state index contributed by atoms with van der Waals surface area (Å²) in [6.07, 6.45) is -1.13. The van der Waals surface area contributed by atoms with Gasteiger partial charge in [-0.15, -0.1) is 10.2 Å². The molecule has 3 aliphatic heterocycles. The van der Waals surface area contributed by atoms with Crippen molar-refractivity contribution in [1.82, 2.24) is 30.0 Å². The number of alkyl halides is 3. The highest BCUT2D eigenvalue weighted by Gasteiger charge is 2.51. The fraction of sp³-hybridized carbons (Fsp3) is 0.356. The molecule has 2 N–H and O–H groups in total. The number of nitrogens with zero attached hydrogens (tertiary/aromatic N) is 9. The number of nitriles is 1. The van der Waals surface area contributed by atoms with E-state index in [-0.39, 0.29) is 45.3 Å². The minimum absolute atomic E-state index is 0.0625. The van der Waals surface area contributed by atoms with Gasteiger partial charge in [-0.1, -0.05) is 6.92 Å². The Morgan fingerprint density at radius 1 is 0.954 bits per heavy atom. The number of aryl methyl sites for hydroxylation is 1. The summed E-state index contributed by atoms with van der Waals surface area (Å²) in [5.41, 5.74) is -0.758. The van der Waals surface area contributed by atoms with Crippen molar-refractivity contribution >= 4 is 69.1 Å². The Balaban J connectivity index is 0.831. The molecule has 0 saturated carbocycles. The van der Waals surface area contributed by atoms with E-state index in [4.69, 9.17) is 12.2 Å². The van der Waals surface area contributed by atoms with Crippen LogP contribution in [0.25, 0.3) is 11.0 Å². The SMILES string of the molecule is CCc1cc2ncc(CN3CCN(C(=O)C4CCN(c5ccc(NC(=O)c6ccc(N7C(=S)N(c8ccc(C#N)c(C(F)(F)F)c8)C(=O)C7(C)C)cc6F)nn5)CC4)CC3)cc2[nH]c1=O. The Labute approximate surface area is 375 Å². The minimum Gasteiger partial charge on any atom is -0.355 e. The van der Waals surface area contributed by atoms with E-state index in [1.807, 2.05) is 35.1 Å². The molecule has 0 unspecified atom stereocenters. The summed E-state index contributed by atoms with van der Waals surface area (Å²) < 4.78 is 56.9. The maximum atomic E-state index is 15.6. The number of H-pyrrole nitrogens is 1. The number of benzene rings is 2. The van der Waals surface area contributed by atoms with Gasteiger partial charge < -0.3 is 25.0 Å². The molecule has 3 aliphatic rings. The molecule has 3 amide bonds. The minimum atomic E-state index is -4.88. The summed E-state index contributed by atoms with van der Waals surface area (Å²) in [4.78, 5) is 68.5. The Kier molecular flexibility index (Phi) is 12.1. The number of carbonyl (C=O) groups excluding carboxylic acids is 3. The maximum Gasteiger partial charge on any atom is 0.417 e. The fourth-order valence-electron chi connectivity index (χ4n) is 8.55. The van der Waals surface area contributed by atoms with Crippen molar-refractivity contribution in [2.45, 2.75) is 58.3 Å². The number of aromatic amines is 1. The number of anilines is 4. The second kappa shape index (κ2) is 17.6. The fourth-order valence-corrected chi connectivity index (χ4v) is 9.07. The van der Waals surface area contributed by atoms with Crippen LogP contribution < -0.4 is 25.6 Å². The number of piperazine rings is 1. The highest BCUT2D eigenvalue weighted by molar-refractivity contribution is 7.81. The third-order valence-electron chi connectivity index (χ3n) is 12.2. The highest BCUT2D eigenvalue weighted by atomic mass is 32.1. The van der Waals surface area contributed by atoms with Crippen molar-refractivity contribution < 1.29 is 31.9 Å². The molecule has 0 spiro atoms. The first-order chi connectivity index (χ1) is 31.0. The van der Waals surface area contributed by atoms with E-state index < -0.39 is 40.5 Å².